The van der Waals surface area contributed by atoms with Crippen molar-refractivity contribution in [3.8, 4) is 0 Å². The number of carbonyl (C=O) groups excluding carboxylic acids is 4. The Morgan fingerprint density at radius 1 is 0.794 bits per heavy atom. The van der Waals surface area contributed by atoms with Crippen LogP contribution in [0.2, 0.25) is 0 Å². The van der Waals surface area contributed by atoms with E-state index in [1.54, 1.807) is 23.1 Å². The summed E-state index contributed by atoms with van der Waals surface area (Å²) in [4.78, 5) is 55.4. The number of piperidine rings is 1. The molecule has 4 aliphatic rings. The minimum atomic E-state index is -0.273. The van der Waals surface area contributed by atoms with Gasteiger partial charge in [0.25, 0.3) is 17.7 Å². The highest BCUT2D eigenvalue weighted by Gasteiger charge is 2.41. The zero-order chi connectivity index (χ0) is 23.7. The Morgan fingerprint density at radius 3 is 2.21 bits per heavy atom. The van der Waals surface area contributed by atoms with Gasteiger partial charge < -0.3 is 10.2 Å². The molecule has 4 amide bonds. The van der Waals surface area contributed by atoms with Crippen molar-refractivity contribution in [2.45, 2.75) is 89.1 Å². The number of nitrogens with one attached hydrogen (secondary N) is 1. The molecule has 1 N–H and O–H groups in total. The van der Waals surface area contributed by atoms with E-state index in [0.717, 1.165) is 70.6 Å². The van der Waals surface area contributed by atoms with Gasteiger partial charge in [0.1, 0.15) is 0 Å². The van der Waals surface area contributed by atoms with E-state index in [1.807, 2.05) is 0 Å². The molecule has 34 heavy (non-hydrogen) atoms. The smallest absolute Gasteiger partial charge is 0.261 e. The second-order valence-corrected chi connectivity index (χ2v) is 10.5. The molecule has 0 radical (unpaired) electrons. The van der Waals surface area contributed by atoms with Crippen LogP contribution >= 0.6 is 0 Å². The molecular weight excluding hydrogens is 430 g/mol. The second-order valence-electron chi connectivity index (χ2n) is 10.5. The Morgan fingerprint density at radius 2 is 1.47 bits per heavy atom. The lowest BCUT2D eigenvalue weighted by Crippen LogP contribution is -2.48. The molecular formula is C27H35N3O4. The fourth-order valence-electron chi connectivity index (χ4n) is 6.19. The molecule has 2 saturated carbocycles. The summed E-state index contributed by atoms with van der Waals surface area (Å²) in [5.41, 5.74) is 1.15. The monoisotopic (exact) mass is 465 g/mol. The maximum atomic E-state index is 13.3. The molecule has 2 aliphatic carbocycles. The van der Waals surface area contributed by atoms with Crippen LogP contribution in [0.5, 0.6) is 0 Å². The number of likely N-dealkylation sites (tertiary alicyclic amines) is 1. The summed E-state index contributed by atoms with van der Waals surface area (Å²) in [6, 6.07) is 5.10. The molecule has 5 rings (SSSR count). The molecule has 1 aromatic rings. The fourth-order valence-corrected chi connectivity index (χ4v) is 6.19. The summed E-state index contributed by atoms with van der Waals surface area (Å²) in [5, 5.41) is 3.20. The highest BCUT2D eigenvalue weighted by molar-refractivity contribution is 6.22. The summed E-state index contributed by atoms with van der Waals surface area (Å²) in [6.07, 6.45) is 12.2. The van der Waals surface area contributed by atoms with Crippen molar-refractivity contribution in [3.63, 3.8) is 0 Å². The SMILES string of the molecule is O=C(NC1CCCCC1)C1CCCN(C(=O)c2ccc3c(c2)C(=O)N(C2CCCCC2)C3=O)C1. The number of amides is 4. The Kier molecular flexibility index (Phi) is 6.70. The lowest BCUT2D eigenvalue weighted by atomic mass is 9.92. The number of benzene rings is 1. The highest BCUT2D eigenvalue weighted by atomic mass is 16.2. The van der Waals surface area contributed by atoms with Crippen LogP contribution in [-0.4, -0.2) is 58.6 Å². The van der Waals surface area contributed by atoms with Gasteiger partial charge in [0.2, 0.25) is 5.91 Å². The molecule has 1 saturated heterocycles. The van der Waals surface area contributed by atoms with Gasteiger partial charge in [-0.3, -0.25) is 24.1 Å². The Labute approximate surface area is 201 Å². The van der Waals surface area contributed by atoms with E-state index in [9.17, 15) is 19.2 Å². The quantitative estimate of drug-likeness (QED) is 0.683. The second kappa shape index (κ2) is 9.88. The molecule has 1 atom stereocenters. The molecule has 1 aromatic carbocycles. The van der Waals surface area contributed by atoms with E-state index in [4.69, 9.17) is 0 Å². The Balaban J connectivity index is 1.26. The number of fused-ring (bicyclic) bond motifs is 1. The van der Waals surface area contributed by atoms with Gasteiger partial charge in [-0.1, -0.05) is 38.5 Å². The predicted molar refractivity (Wildman–Crippen MR) is 127 cm³/mol. The molecule has 7 nitrogen and oxygen atoms in total. The molecule has 3 fully saturated rings. The van der Waals surface area contributed by atoms with Crippen LogP contribution < -0.4 is 5.32 Å². The van der Waals surface area contributed by atoms with Gasteiger partial charge in [-0.05, 0) is 56.7 Å². The molecule has 7 heteroatoms. The van der Waals surface area contributed by atoms with Crippen molar-refractivity contribution in [2.75, 3.05) is 13.1 Å². The van der Waals surface area contributed by atoms with Crippen molar-refractivity contribution in [1.29, 1.82) is 0 Å². The molecule has 182 valence electrons. The van der Waals surface area contributed by atoms with E-state index in [0.29, 0.717) is 29.8 Å². The van der Waals surface area contributed by atoms with Crippen molar-refractivity contribution in [2.24, 2.45) is 5.92 Å². The van der Waals surface area contributed by atoms with Gasteiger partial charge in [-0.2, -0.15) is 0 Å². The Bertz CT molecular complexity index is 978. The standard InChI is InChI=1S/C27H35N3O4/c31-24(28-20-9-3-1-4-10-20)19-8-7-15-29(17-19)25(32)18-13-14-22-23(16-18)27(34)30(26(22)33)21-11-5-2-6-12-21/h13-14,16,19-21H,1-12,15,17H2,(H,28,31). The molecule has 0 aromatic heterocycles. The average molecular weight is 466 g/mol. The lowest BCUT2D eigenvalue weighted by molar-refractivity contribution is -0.127. The van der Waals surface area contributed by atoms with Gasteiger partial charge in [0.05, 0.1) is 17.0 Å². The predicted octanol–water partition coefficient (Wildman–Crippen LogP) is 3.92. The van der Waals surface area contributed by atoms with E-state index < -0.39 is 0 Å². The maximum Gasteiger partial charge on any atom is 0.261 e. The summed E-state index contributed by atoms with van der Waals surface area (Å²) in [5.74, 6) is -0.816. The van der Waals surface area contributed by atoms with Crippen LogP contribution in [0.25, 0.3) is 0 Å². The molecule has 0 bridgehead atoms. The maximum absolute atomic E-state index is 13.3. The summed E-state index contributed by atoms with van der Waals surface area (Å²) in [6.45, 7) is 1.000. The molecule has 2 aliphatic heterocycles. The van der Waals surface area contributed by atoms with Gasteiger partial charge in [0.15, 0.2) is 0 Å². The third-order valence-electron chi connectivity index (χ3n) is 8.14. The van der Waals surface area contributed by atoms with E-state index in [-0.39, 0.29) is 41.6 Å². The number of imide groups is 1. The highest BCUT2D eigenvalue weighted by Crippen LogP contribution is 2.32. The van der Waals surface area contributed by atoms with Crippen molar-refractivity contribution in [3.05, 3.63) is 34.9 Å². The van der Waals surface area contributed by atoms with Gasteiger partial charge >= 0.3 is 0 Å². The normalized spacial score (nSPS) is 24.3. The molecule has 2 heterocycles. The number of hydrogen-bond acceptors (Lipinski definition) is 4. The summed E-state index contributed by atoms with van der Waals surface area (Å²) >= 11 is 0. The van der Waals surface area contributed by atoms with Crippen LogP contribution in [-0.2, 0) is 4.79 Å². The van der Waals surface area contributed by atoms with Crippen LogP contribution in [0.3, 0.4) is 0 Å². The third-order valence-corrected chi connectivity index (χ3v) is 8.14. The van der Waals surface area contributed by atoms with E-state index in [2.05, 4.69) is 5.32 Å². The van der Waals surface area contributed by atoms with Gasteiger partial charge in [0, 0.05) is 30.7 Å². The first-order valence-corrected chi connectivity index (χ1v) is 13.1. The first-order chi connectivity index (χ1) is 16.5. The van der Waals surface area contributed by atoms with Crippen molar-refractivity contribution < 1.29 is 19.2 Å². The number of carbonyl (C=O) groups is 4. The van der Waals surface area contributed by atoms with Crippen molar-refractivity contribution in [1.82, 2.24) is 15.1 Å². The summed E-state index contributed by atoms with van der Waals surface area (Å²) < 4.78 is 0. The zero-order valence-corrected chi connectivity index (χ0v) is 19.9. The average Bonchev–Trinajstić information content (AvgIpc) is 3.14. The van der Waals surface area contributed by atoms with Crippen LogP contribution in [0.1, 0.15) is 108 Å². The van der Waals surface area contributed by atoms with Crippen molar-refractivity contribution >= 4 is 23.6 Å². The Hall–Kier alpha value is -2.70. The lowest BCUT2D eigenvalue weighted by Gasteiger charge is -2.33. The van der Waals surface area contributed by atoms with Gasteiger partial charge in [-0.15, -0.1) is 0 Å². The minimum Gasteiger partial charge on any atom is -0.353 e. The number of nitrogens with zero attached hydrogens (tertiary/aromatic N) is 2. The minimum absolute atomic E-state index is 0.0363. The topological polar surface area (TPSA) is 86.8 Å². The fraction of sp³-hybridized carbons (Fsp3) is 0.630. The van der Waals surface area contributed by atoms with Crippen LogP contribution in [0.4, 0.5) is 0 Å². The third kappa shape index (κ3) is 4.49. The number of hydrogen-bond donors (Lipinski definition) is 1. The first-order valence-electron chi connectivity index (χ1n) is 13.1. The van der Waals surface area contributed by atoms with E-state index in [1.165, 1.54) is 11.3 Å². The first kappa shape index (κ1) is 23.1. The summed E-state index contributed by atoms with van der Waals surface area (Å²) in [7, 11) is 0. The van der Waals surface area contributed by atoms with Crippen LogP contribution in [0.15, 0.2) is 18.2 Å². The number of rotatable bonds is 4. The molecule has 0 spiro atoms. The van der Waals surface area contributed by atoms with E-state index >= 15 is 0 Å². The van der Waals surface area contributed by atoms with Crippen LogP contribution in [0, 0.1) is 5.92 Å². The van der Waals surface area contributed by atoms with Gasteiger partial charge in [-0.25, -0.2) is 0 Å². The largest absolute Gasteiger partial charge is 0.353 e. The zero-order valence-electron chi connectivity index (χ0n) is 19.9. The molecule has 1 unspecified atom stereocenters.